The minimum Gasteiger partial charge on any atom is -0.494 e. The van der Waals surface area contributed by atoms with Crippen LogP contribution in [0.5, 0.6) is 23.0 Å². The number of alkyl halides is 3. The highest BCUT2D eigenvalue weighted by molar-refractivity contribution is 5.82. The molecule has 1 fully saturated rings. The molecule has 0 radical (unpaired) electrons. The van der Waals surface area contributed by atoms with Gasteiger partial charge < -0.3 is 44.3 Å². The van der Waals surface area contributed by atoms with Crippen molar-refractivity contribution < 1.29 is 36.5 Å². The number of anilines is 4. The predicted molar refractivity (Wildman–Crippen MR) is 239 cm³/mol. The average molecular weight is 884 g/mol. The number of benzene rings is 4. The lowest BCUT2D eigenvalue weighted by Crippen LogP contribution is -2.44. The summed E-state index contributed by atoms with van der Waals surface area (Å²) in [5, 5.41) is 21.3. The number of piperazine rings is 1. The fourth-order valence-electron chi connectivity index (χ4n) is 8.10. The Balaban J connectivity index is 0.000000175. The molecule has 2 aromatic heterocycles. The van der Waals surface area contributed by atoms with E-state index in [4.69, 9.17) is 14.2 Å². The zero-order valence-corrected chi connectivity index (χ0v) is 36.4. The summed E-state index contributed by atoms with van der Waals surface area (Å²) in [5.41, 5.74) is 9.70. The number of hydrogen-bond acceptors (Lipinski definition) is 11. The fourth-order valence-corrected chi connectivity index (χ4v) is 8.10. The maximum absolute atomic E-state index is 13.6. The molecule has 0 unspecified atom stereocenters. The van der Waals surface area contributed by atoms with Crippen molar-refractivity contribution in [3.63, 3.8) is 0 Å². The summed E-state index contributed by atoms with van der Waals surface area (Å²) < 4.78 is 72.0. The normalized spacial score (nSPS) is 14.3. The van der Waals surface area contributed by atoms with Gasteiger partial charge in [-0.15, -0.1) is 13.2 Å². The first-order chi connectivity index (χ1) is 30.9. The molecule has 338 valence electrons. The first kappa shape index (κ1) is 44.3. The minimum absolute atomic E-state index is 0.268. The van der Waals surface area contributed by atoms with Gasteiger partial charge in [-0.2, -0.15) is 10.2 Å². The average Bonchev–Trinajstić information content (AvgIpc) is 4.03. The maximum Gasteiger partial charge on any atom is 0.573 e. The van der Waals surface area contributed by atoms with Crippen LogP contribution < -0.4 is 29.6 Å². The van der Waals surface area contributed by atoms with Crippen molar-refractivity contribution >= 4 is 23.0 Å². The predicted octanol–water partition coefficient (Wildman–Crippen LogP) is 8.84. The summed E-state index contributed by atoms with van der Waals surface area (Å²) in [7, 11) is 7.91. The Morgan fingerprint density at radius 2 is 1.38 bits per heavy atom. The van der Waals surface area contributed by atoms with Crippen molar-refractivity contribution in [2.45, 2.75) is 32.0 Å². The Morgan fingerprint density at radius 1 is 0.719 bits per heavy atom. The SMILES string of the molecule is CN(C)CCCOc1ccc2c(c1)Cc1c(Nc3ccc(OC(F)(F)F)cc3)n[nH]c1-2.COc1cc2c(cc1OCCCN1CCN(C)CC1)Cc1c(Nc3cccc(F)c3)n[nH]c1-2. The molecule has 6 aromatic rings. The van der Waals surface area contributed by atoms with E-state index in [9.17, 15) is 17.6 Å². The monoisotopic (exact) mass is 883 g/mol. The second-order valence-electron chi connectivity index (χ2n) is 16.4. The Morgan fingerprint density at radius 3 is 2.05 bits per heavy atom. The van der Waals surface area contributed by atoms with Gasteiger partial charge >= 0.3 is 6.36 Å². The molecule has 0 atom stereocenters. The zero-order valence-electron chi connectivity index (χ0n) is 36.4. The highest BCUT2D eigenvalue weighted by Gasteiger charge is 2.31. The van der Waals surface area contributed by atoms with Crippen molar-refractivity contribution in [3.05, 3.63) is 107 Å². The molecule has 2 aliphatic carbocycles. The number of nitrogens with zero attached hydrogens (tertiary/aromatic N) is 5. The third-order valence-electron chi connectivity index (χ3n) is 11.4. The molecule has 4 aromatic carbocycles. The molecule has 0 saturated carbocycles. The molecule has 4 N–H and O–H groups in total. The van der Waals surface area contributed by atoms with Crippen molar-refractivity contribution in [1.82, 2.24) is 35.1 Å². The van der Waals surface area contributed by atoms with E-state index in [2.05, 4.69) is 63.6 Å². The maximum atomic E-state index is 13.6. The lowest BCUT2D eigenvalue weighted by atomic mass is 10.1. The van der Waals surface area contributed by atoms with Crippen molar-refractivity contribution in [3.8, 4) is 45.5 Å². The van der Waals surface area contributed by atoms with Gasteiger partial charge in [0.15, 0.2) is 23.1 Å². The minimum atomic E-state index is -4.71. The van der Waals surface area contributed by atoms with Gasteiger partial charge in [-0.25, -0.2) is 4.39 Å². The summed E-state index contributed by atoms with van der Waals surface area (Å²) in [4.78, 5) is 6.99. The van der Waals surface area contributed by atoms with E-state index in [-0.39, 0.29) is 11.6 Å². The first-order valence-electron chi connectivity index (χ1n) is 21.3. The van der Waals surface area contributed by atoms with E-state index >= 15 is 0 Å². The van der Waals surface area contributed by atoms with Crippen LogP contribution in [0.3, 0.4) is 0 Å². The van der Waals surface area contributed by atoms with Crippen LogP contribution in [0.4, 0.5) is 40.6 Å². The second-order valence-corrected chi connectivity index (χ2v) is 16.4. The molecule has 13 nitrogen and oxygen atoms in total. The van der Waals surface area contributed by atoms with Crippen LogP contribution in [0.25, 0.3) is 22.5 Å². The molecule has 17 heteroatoms. The molecular weight excluding hydrogens is 831 g/mol. The highest BCUT2D eigenvalue weighted by Crippen LogP contribution is 2.45. The Hall–Kier alpha value is -6.30. The van der Waals surface area contributed by atoms with Gasteiger partial charge in [0.1, 0.15) is 17.3 Å². The van der Waals surface area contributed by atoms with Crippen LogP contribution >= 0.6 is 0 Å². The molecule has 0 spiro atoms. The van der Waals surface area contributed by atoms with Crippen LogP contribution in [-0.2, 0) is 12.8 Å². The number of rotatable bonds is 16. The number of aromatic nitrogens is 4. The molecule has 0 amide bonds. The van der Waals surface area contributed by atoms with Gasteiger partial charge in [-0.3, -0.25) is 10.2 Å². The quantitative estimate of drug-likeness (QED) is 0.0549. The van der Waals surface area contributed by atoms with E-state index in [0.717, 1.165) is 121 Å². The molecule has 0 bridgehead atoms. The summed E-state index contributed by atoms with van der Waals surface area (Å²) in [6, 6.07) is 22.1. The van der Waals surface area contributed by atoms with Crippen LogP contribution in [0.15, 0.2) is 78.9 Å². The first-order valence-corrected chi connectivity index (χ1v) is 21.3. The second kappa shape index (κ2) is 19.6. The molecule has 3 aliphatic rings. The van der Waals surface area contributed by atoms with Gasteiger partial charge in [0.2, 0.25) is 0 Å². The number of methoxy groups -OCH3 is 1. The number of halogens is 4. The number of hydrogen-bond donors (Lipinski definition) is 4. The summed E-state index contributed by atoms with van der Waals surface area (Å²) in [6.07, 6.45) is -1.37. The van der Waals surface area contributed by atoms with Crippen LogP contribution in [0, 0.1) is 5.82 Å². The van der Waals surface area contributed by atoms with Gasteiger partial charge in [-0.05, 0) is 118 Å². The van der Waals surface area contributed by atoms with Gasteiger partial charge in [0.25, 0.3) is 0 Å². The zero-order chi connectivity index (χ0) is 44.8. The topological polar surface area (TPSA) is 128 Å². The number of fused-ring (bicyclic) bond motifs is 6. The van der Waals surface area contributed by atoms with Crippen molar-refractivity contribution in [2.75, 3.05) is 91.4 Å². The van der Waals surface area contributed by atoms with E-state index in [0.29, 0.717) is 42.6 Å². The molecule has 9 rings (SSSR count). The summed E-state index contributed by atoms with van der Waals surface area (Å²) in [5.74, 6) is 3.13. The molecular formula is C47H53F4N9O4. The molecule has 64 heavy (non-hydrogen) atoms. The van der Waals surface area contributed by atoms with Crippen molar-refractivity contribution in [1.29, 1.82) is 0 Å². The molecule has 1 aliphatic heterocycles. The number of likely N-dealkylation sites (N-methyl/N-ethyl adjacent to an activating group) is 1. The van der Waals surface area contributed by atoms with Crippen molar-refractivity contribution in [2.24, 2.45) is 0 Å². The number of H-pyrrole nitrogens is 2. The van der Waals surface area contributed by atoms with Crippen LogP contribution in [0.1, 0.15) is 35.1 Å². The lowest BCUT2D eigenvalue weighted by Gasteiger charge is -2.32. The number of aromatic amines is 2. The van der Waals surface area contributed by atoms with Gasteiger partial charge in [0, 0.05) is 85.7 Å². The molecule has 1 saturated heterocycles. The Bertz CT molecular complexity index is 2520. The smallest absolute Gasteiger partial charge is 0.494 e. The fraction of sp³-hybridized carbons (Fsp3) is 0.362. The number of nitrogens with one attached hydrogen (secondary N) is 4. The van der Waals surface area contributed by atoms with Crippen LogP contribution in [-0.4, -0.2) is 122 Å². The largest absolute Gasteiger partial charge is 0.573 e. The van der Waals surface area contributed by atoms with E-state index in [1.54, 1.807) is 13.2 Å². The third-order valence-corrected chi connectivity index (χ3v) is 11.4. The number of ether oxygens (including phenoxy) is 4. The van der Waals surface area contributed by atoms with Crippen LogP contribution in [0.2, 0.25) is 0 Å². The van der Waals surface area contributed by atoms with E-state index in [1.165, 1.54) is 36.4 Å². The van der Waals surface area contributed by atoms with Gasteiger partial charge in [0.05, 0.1) is 31.7 Å². The third kappa shape index (κ3) is 10.9. The Labute approximate surface area is 369 Å². The molecule has 3 heterocycles. The van der Waals surface area contributed by atoms with Gasteiger partial charge in [-0.1, -0.05) is 6.07 Å². The summed E-state index contributed by atoms with van der Waals surface area (Å²) in [6.45, 7) is 7.83. The Kier molecular flexibility index (Phi) is 13.6. The summed E-state index contributed by atoms with van der Waals surface area (Å²) >= 11 is 0. The van der Waals surface area contributed by atoms with E-state index < -0.39 is 6.36 Å². The van der Waals surface area contributed by atoms with E-state index in [1.807, 2.05) is 44.4 Å². The standard InChI is InChI=1S/C25H30FN5O2.C22H23F3N4O2/c1-30-8-10-31(11-9-30)7-4-12-33-23-14-17-13-21-24(20(17)16-22(23)32-2)28-29-25(21)27-19-6-3-5-18(26)15-19;1-29(2)10-3-11-30-17-8-9-18-14(12-17)13-19-20(18)27-28-21(19)26-15-4-6-16(7-5-15)31-22(23,24)25/h3,5-6,14-16H,4,7-13H2,1-2H3,(H2,27,28,29);4-9,12H,3,10-11,13H2,1-2H3,(H2,26,27,28). The highest BCUT2D eigenvalue weighted by atomic mass is 19.4. The lowest BCUT2D eigenvalue weighted by molar-refractivity contribution is -0.274.